The van der Waals surface area contributed by atoms with Crippen molar-refractivity contribution >= 4 is 23.3 Å². The first-order valence-electron chi connectivity index (χ1n) is 0.647. The normalized spacial score (nSPS) is 2.60. The lowest BCUT2D eigenvalue weighted by atomic mass is 11.6. The van der Waals surface area contributed by atoms with Gasteiger partial charge in [0.25, 0.3) is 6.26 Å². The van der Waals surface area contributed by atoms with Gasteiger partial charge in [0.2, 0.25) is 0 Å². The van der Waals surface area contributed by atoms with Crippen molar-refractivity contribution in [2.24, 2.45) is 0 Å². The Hall–Kier alpha value is -0.0100. The summed E-state index contributed by atoms with van der Waals surface area (Å²) in [4.78, 5) is 0. The molecular weight excluding hydrogens is 106 g/mol. The lowest BCUT2D eigenvalue weighted by Crippen LogP contribution is -1.27. The minimum atomic E-state index is 0.750. The molecule has 0 spiro atoms. The summed E-state index contributed by atoms with van der Waals surface area (Å²) in [6.45, 7) is 0. The van der Waals surface area contributed by atoms with E-state index >= 15 is 0 Å². The summed E-state index contributed by atoms with van der Waals surface area (Å²) in [5, 5.41) is 13.8. The Kier molecular flexibility index (Phi) is 64.7. The summed E-state index contributed by atoms with van der Waals surface area (Å²) in [5.41, 5.74) is 0. The number of hydrogen-bond acceptors (Lipinski definition) is 4. The van der Waals surface area contributed by atoms with E-state index in [9.17, 15) is 0 Å². The molecule has 0 bridgehead atoms. The summed E-state index contributed by atoms with van der Waals surface area (Å²) in [6, 6.07) is 0. The number of rotatable bonds is 0. The third-order valence-corrected chi connectivity index (χ3v) is 0. The quantitative estimate of drug-likeness (QED) is 0.242. The molecule has 0 radical (unpaired) electrons. The molecule has 0 aromatic rings. The van der Waals surface area contributed by atoms with Crippen LogP contribution in [0.4, 0.5) is 0 Å². The van der Waals surface area contributed by atoms with Gasteiger partial charge in [-0.05, 0) is 0 Å². The average molecular weight is 109 g/mol. The summed E-state index contributed by atoms with van der Waals surface area (Å²) >= 11 is 6.44. The lowest BCUT2D eigenvalue weighted by Gasteiger charge is -1.25. The first-order valence-corrected chi connectivity index (χ1v) is 2.25. The summed E-state index contributed by atoms with van der Waals surface area (Å²) in [6.07, 6.45) is 0.750. The van der Waals surface area contributed by atoms with Crippen LogP contribution < -0.4 is 0 Å². The van der Waals surface area contributed by atoms with Gasteiger partial charge in [-0.25, -0.2) is 0 Å². The van der Waals surface area contributed by atoms with E-state index in [1.807, 2.05) is 0 Å². The highest BCUT2D eigenvalue weighted by molar-refractivity contribution is 8.59. The summed E-state index contributed by atoms with van der Waals surface area (Å²) < 4.78 is 0. The highest BCUT2D eigenvalue weighted by atomic mass is 33.1. The third-order valence-electron chi connectivity index (χ3n) is 0. The summed E-state index contributed by atoms with van der Waals surface area (Å²) in [7, 11) is 0. The van der Waals surface area contributed by atoms with Crippen LogP contribution in [0.2, 0.25) is 0 Å². The largest absolute Gasteiger partial charge is 0.443 e. The molecule has 0 amide bonds. The Morgan fingerprint density at radius 1 is 1.60 bits per heavy atom. The molecule has 0 aliphatic rings. The minimum Gasteiger partial charge on any atom is -0.443 e. The van der Waals surface area contributed by atoms with Crippen molar-refractivity contribution in [3.05, 3.63) is 0 Å². The molecule has 0 unspecified atom stereocenters. The maximum absolute atomic E-state index is 6.88. The molecule has 0 heterocycles. The van der Waals surface area contributed by atoms with Gasteiger partial charge < -0.3 is 5.11 Å². The molecule has 0 aromatic carbocycles. The maximum Gasteiger partial charge on any atom is 0.283 e. The zero-order valence-corrected chi connectivity index (χ0v) is 4.08. The Balaban J connectivity index is 0. The van der Waals surface area contributed by atoms with Crippen molar-refractivity contribution < 1.29 is 5.11 Å². The second-order valence-electron chi connectivity index (χ2n) is 0.100. The van der Waals surface area contributed by atoms with Crippen molar-refractivity contribution in [1.29, 1.82) is 5.26 Å². The average Bonchev–Trinajstić information content (AvgIpc) is 1.46. The van der Waals surface area contributed by atoms with E-state index in [1.165, 1.54) is 0 Å². The molecule has 5 heavy (non-hydrogen) atoms. The van der Waals surface area contributed by atoms with E-state index in [4.69, 9.17) is 10.4 Å². The summed E-state index contributed by atoms with van der Waals surface area (Å²) in [5.74, 6) is 0. The molecule has 0 atom stereocenters. The number of aliphatic hydroxyl groups is 1. The molecular formula is CH3NOS2. The number of aliphatic hydroxyl groups excluding tert-OH is 1. The van der Waals surface area contributed by atoms with Crippen LogP contribution in [-0.2, 0) is 0 Å². The van der Waals surface area contributed by atoms with Gasteiger partial charge in [-0.15, -0.1) is 23.3 Å². The van der Waals surface area contributed by atoms with Crippen LogP contribution in [0.3, 0.4) is 0 Å². The van der Waals surface area contributed by atoms with Crippen molar-refractivity contribution in [2.45, 2.75) is 0 Å². The Labute approximate surface area is 40.6 Å². The van der Waals surface area contributed by atoms with Gasteiger partial charge >= 0.3 is 0 Å². The van der Waals surface area contributed by atoms with Gasteiger partial charge in [-0.2, -0.15) is 5.26 Å². The second-order valence-corrected chi connectivity index (χ2v) is 0.100. The molecule has 30 valence electrons. The van der Waals surface area contributed by atoms with E-state index in [1.54, 1.807) is 0 Å². The molecule has 0 saturated carbocycles. The van der Waals surface area contributed by atoms with Gasteiger partial charge in [-0.3, -0.25) is 0 Å². The SMILES string of the molecule is N#CO.SS. The molecule has 0 aromatic heterocycles. The van der Waals surface area contributed by atoms with Crippen molar-refractivity contribution in [2.75, 3.05) is 0 Å². The molecule has 0 aliphatic carbocycles. The fraction of sp³-hybridized carbons (Fsp3) is 0. The smallest absolute Gasteiger partial charge is 0.283 e. The standard InChI is InChI=1S/CHNO.H2S2/c2-1-3;1-2/h3H;1-2H. The predicted octanol–water partition coefficient (Wildman–Crippen LogP) is 0.601. The number of nitriles is 1. The van der Waals surface area contributed by atoms with Crippen LogP contribution in [0.1, 0.15) is 0 Å². The topological polar surface area (TPSA) is 44.0 Å². The van der Waals surface area contributed by atoms with Crippen molar-refractivity contribution in [3.8, 4) is 6.26 Å². The Morgan fingerprint density at radius 2 is 1.60 bits per heavy atom. The van der Waals surface area contributed by atoms with Crippen LogP contribution in [0, 0.1) is 11.5 Å². The third kappa shape index (κ3) is 158000. The Morgan fingerprint density at radius 3 is 1.60 bits per heavy atom. The number of nitrogens with zero attached hydrogens (tertiary/aromatic N) is 1. The van der Waals surface area contributed by atoms with Crippen molar-refractivity contribution in [1.82, 2.24) is 0 Å². The molecule has 2 nitrogen and oxygen atoms in total. The van der Waals surface area contributed by atoms with Crippen LogP contribution in [0.5, 0.6) is 0 Å². The highest BCUT2D eigenvalue weighted by Gasteiger charge is 1.16. The fourth-order valence-electron chi connectivity index (χ4n) is 0. The van der Waals surface area contributed by atoms with Crippen LogP contribution >= 0.6 is 23.3 Å². The van der Waals surface area contributed by atoms with Crippen LogP contribution in [-0.4, -0.2) is 5.11 Å². The zero-order valence-electron chi connectivity index (χ0n) is 2.29. The van der Waals surface area contributed by atoms with Crippen LogP contribution in [0.25, 0.3) is 0 Å². The van der Waals surface area contributed by atoms with Crippen LogP contribution in [0.15, 0.2) is 0 Å². The number of hydrogen-bond donors (Lipinski definition) is 3. The molecule has 4 heteroatoms. The van der Waals surface area contributed by atoms with Crippen molar-refractivity contribution in [3.63, 3.8) is 0 Å². The molecule has 0 rings (SSSR count). The minimum absolute atomic E-state index is 0.750. The first-order chi connectivity index (χ1) is 2.41. The van der Waals surface area contributed by atoms with Gasteiger partial charge in [0.15, 0.2) is 0 Å². The van der Waals surface area contributed by atoms with E-state index in [-0.39, 0.29) is 0 Å². The van der Waals surface area contributed by atoms with E-state index in [0.29, 0.717) is 0 Å². The molecule has 1 N–H and O–H groups in total. The highest BCUT2D eigenvalue weighted by Crippen LogP contribution is 1.65. The van der Waals surface area contributed by atoms with E-state index < -0.39 is 0 Å². The van der Waals surface area contributed by atoms with E-state index in [2.05, 4.69) is 23.3 Å². The van der Waals surface area contributed by atoms with Gasteiger partial charge in [-0.1, -0.05) is 0 Å². The van der Waals surface area contributed by atoms with Gasteiger partial charge in [0, 0.05) is 0 Å². The first kappa shape index (κ1) is 8.89. The van der Waals surface area contributed by atoms with E-state index in [0.717, 1.165) is 6.26 Å². The second kappa shape index (κ2) is 36.4. The van der Waals surface area contributed by atoms with Gasteiger partial charge in [0.1, 0.15) is 0 Å². The molecule has 0 fully saturated rings. The van der Waals surface area contributed by atoms with Gasteiger partial charge in [0.05, 0.1) is 0 Å². The molecule has 0 aliphatic heterocycles. The lowest BCUT2D eigenvalue weighted by molar-refractivity contribution is 0.503. The molecule has 0 saturated heterocycles. The number of thiol groups is 2. The monoisotopic (exact) mass is 109 g/mol. The zero-order chi connectivity index (χ0) is 4.71. The fourth-order valence-corrected chi connectivity index (χ4v) is 0. The predicted molar refractivity (Wildman–Crippen MR) is 25.5 cm³/mol. The maximum atomic E-state index is 6.88. The Bertz CT molecular complexity index is 31.1.